The van der Waals surface area contributed by atoms with Crippen LogP contribution in [0.3, 0.4) is 0 Å². The fourth-order valence-corrected chi connectivity index (χ4v) is 2.28. The van der Waals surface area contributed by atoms with Crippen LogP contribution in [0.2, 0.25) is 5.02 Å². The molecule has 0 aliphatic carbocycles. The lowest BCUT2D eigenvalue weighted by Gasteiger charge is -2.07. The van der Waals surface area contributed by atoms with E-state index in [0.29, 0.717) is 16.1 Å². The number of aromatic nitrogens is 1. The molecule has 6 heteroatoms. The van der Waals surface area contributed by atoms with Crippen molar-refractivity contribution in [1.82, 2.24) is 5.16 Å². The lowest BCUT2D eigenvalue weighted by Crippen LogP contribution is -2.07. The first-order chi connectivity index (χ1) is 10.5. The number of hydrogen-bond donors (Lipinski definition) is 0. The number of alkyl halides is 3. The molecular weight excluding hydrogens is 315 g/mol. The van der Waals surface area contributed by atoms with Gasteiger partial charge >= 0.3 is 6.18 Å². The van der Waals surface area contributed by atoms with Gasteiger partial charge in [0.2, 0.25) is 0 Å². The van der Waals surface area contributed by atoms with Crippen LogP contribution in [0, 0.1) is 0 Å². The first-order valence-electron chi connectivity index (χ1n) is 6.35. The summed E-state index contributed by atoms with van der Waals surface area (Å²) in [4.78, 5) is 0. The maximum atomic E-state index is 13.2. The Bertz CT molecular complexity index is 779. The van der Waals surface area contributed by atoms with Gasteiger partial charge in [-0.3, -0.25) is 0 Å². The summed E-state index contributed by atoms with van der Waals surface area (Å²) in [6, 6.07) is 14.6. The van der Waals surface area contributed by atoms with Crippen molar-refractivity contribution in [1.29, 1.82) is 0 Å². The van der Waals surface area contributed by atoms with Crippen LogP contribution in [0.15, 0.2) is 59.1 Å². The van der Waals surface area contributed by atoms with E-state index in [1.54, 1.807) is 30.3 Å². The monoisotopic (exact) mass is 323 g/mol. The highest BCUT2D eigenvalue weighted by Crippen LogP contribution is 2.42. The summed E-state index contributed by atoms with van der Waals surface area (Å²) >= 11 is 5.80. The summed E-state index contributed by atoms with van der Waals surface area (Å²) in [7, 11) is 0. The van der Waals surface area contributed by atoms with Gasteiger partial charge < -0.3 is 4.52 Å². The maximum absolute atomic E-state index is 13.2. The van der Waals surface area contributed by atoms with Gasteiger partial charge in [0.1, 0.15) is 0 Å². The molecule has 3 aromatic rings. The van der Waals surface area contributed by atoms with Gasteiger partial charge in [0.05, 0.1) is 5.56 Å². The third-order valence-corrected chi connectivity index (χ3v) is 3.38. The van der Waals surface area contributed by atoms with Crippen molar-refractivity contribution in [3.05, 3.63) is 65.3 Å². The summed E-state index contributed by atoms with van der Waals surface area (Å²) < 4.78 is 44.6. The van der Waals surface area contributed by atoms with E-state index in [1.165, 1.54) is 24.3 Å². The highest BCUT2D eigenvalue weighted by molar-refractivity contribution is 6.30. The van der Waals surface area contributed by atoms with E-state index in [2.05, 4.69) is 5.16 Å². The van der Waals surface area contributed by atoms with Crippen LogP contribution in [0.4, 0.5) is 13.2 Å². The fourth-order valence-electron chi connectivity index (χ4n) is 2.15. The average molecular weight is 324 g/mol. The number of rotatable bonds is 2. The SMILES string of the molecule is FC(F)(F)c1noc(-c2ccccc2)c1-c1ccc(Cl)cc1. The predicted molar refractivity (Wildman–Crippen MR) is 77.4 cm³/mol. The Hall–Kier alpha value is -2.27. The molecule has 0 saturated carbocycles. The summed E-state index contributed by atoms with van der Waals surface area (Å²) in [5.74, 6) is 0.0789. The van der Waals surface area contributed by atoms with Crippen LogP contribution in [-0.4, -0.2) is 5.16 Å². The van der Waals surface area contributed by atoms with Crippen LogP contribution >= 0.6 is 11.6 Å². The zero-order valence-corrected chi connectivity index (χ0v) is 11.8. The minimum Gasteiger partial charge on any atom is -0.355 e. The van der Waals surface area contributed by atoms with Crippen molar-refractivity contribution in [2.75, 3.05) is 0 Å². The summed E-state index contributed by atoms with van der Waals surface area (Å²) in [5.41, 5.74) is -0.267. The zero-order chi connectivity index (χ0) is 15.7. The van der Waals surface area contributed by atoms with Crippen LogP contribution in [0.5, 0.6) is 0 Å². The Morgan fingerprint density at radius 2 is 1.50 bits per heavy atom. The second kappa shape index (κ2) is 5.50. The summed E-state index contributed by atoms with van der Waals surface area (Å²) in [5, 5.41) is 3.67. The fraction of sp³-hybridized carbons (Fsp3) is 0.0625. The number of benzene rings is 2. The quantitative estimate of drug-likeness (QED) is 0.606. The van der Waals surface area contributed by atoms with E-state index in [1.807, 2.05) is 0 Å². The van der Waals surface area contributed by atoms with Crippen molar-refractivity contribution in [2.24, 2.45) is 0 Å². The summed E-state index contributed by atoms with van der Waals surface area (Å²) in [6.45, 7) is 0. The summed E-state index contributed by atoms with van der Waals surface area (Å²) in [6.07, 6.45) is -4.61. The molecule has 1 aromatic heterocycles. The van der Waals surface area contributed by atoms with Crippen LogP contribution < -0.4 is 0 Å². The zero-order valence-electron chi connectivity index (χ0n) is 11.1. The van der Waals surface area contributed by atoms with Crippen molar-refractivity contribution >= 4 is 11.6 Å². The minimum atomic E-state index is -4.61. The van der Waals surface area contributed by atoms with Gasteiger partial charge in [0, 0.05) is 10.6 Å². The highest BCUT2D eigenvalue weighted by Gasteiger charge is 2.40. The van der Waals surface area contributed by atoms with E-state index in [4.69, 9.17) is 16.1 Å². The lowest BCUT2D eigenvalue weighted by molar-refractivity contribution is -0.142. The van der Waals surface area contributed by atoms with Gasteiger partial charge in [-0.05, 0) is 17.7 Å². The van der Waals surface area contributed by atoms with Crippen molar-refractivity contribution in [3.8, 4) is 22.5 Å². The van der Waals surface area contributed by atoms with Crippen molar-refractivity contribution in [3.63, 3.8) is 0 Å². The molecule has 1 heterocycles. The highest BCUT2D eigenvalue weighted by atomic mass is 35.5. The van der Waals surface area contributed by atoms with Crippen molar-refractivity contribution < 1.29 is 17.7 Å². The van der Waals surface area contributed by atoms with E-state index in [0.717, 1.165) is 0 Å². The topological polar surface area (TPSA) is 26.0 Å². The molecule has 0 unspecified atom stereocenters. The molecule has 0 fully saturated rings. The predicted octanol–water partition coefficient (Wildman–Crippen LogP) is 5.68. The first kappa shape index (κ1) is 14.7. The maximum Gasteiger partial charge on any atom is 0.437 e. The van der Waals surface area contributed by atoms with Crippen LogP contribution in [-0.2, 0) is 6.18 Å². The molecule has 0 aliphatic heterocycles. The molecule has 0 N–H and O–H groups in total. The van der Waals surface area contributed by atoms with Crippen LogP contribution in [0.1, 0.15) is 5.69 Å². The smallest absolute Gasteiger partial charge is 0.355 e. The van der Waals surface area contributed by atoms with Crippen LogP contribution in [0.25, 0.3) is 22.5 Å². The Morgan fingerprint density at radius 1 is 0.864 bits per heavy atom. The molecule has 0 radical (unpaired) electrons. The molecule has 0 aliphatic rings. The molecule has 0 amide bonds. The molecule has 2 nitrogen and oxygen atoms in total. The van der Waals surface area contributed by atoms with E-state index >= 15 is 0 Å². The van der Waals surface area contributed by atoms with Gasteiger partial charge in [-0.1, -0.05) is 59.2 Å². The Labute approximate surface area is 129 Å². The second-order valence-corrected chi connectivity index (χ2v) is 5.04. The first-order valence-corrected chi connectivity index (χ1v) is 6.73. The van der Waals surface area contributed by atoms with Gasteiger partial charge in [-0.2, -0.15) is 13.2 Å². The third-order valence-electron chi connectivity index (χ3n) is 3.13. The van der Waals surface area contributed by atoms with Crippen molar-refractivity contribution in [2.45, 2.75) is 6.18 Å². The second-order valence-electron chi connectivity index (χ2n) is 4.61. The van der Waals surface area contributed by atoms with Gasteiger partial charge in [-0.15, -0.1) is 0 Å². The Morgan fingerprint density at radius 3 is 2.09 bits per heavy atom. The Kier molecular flexibility index (Phi) is 3.66. The third kappa shape index (κ3) is 2.72. The number of hydrogen-bond acceptors (Lipinski definition) is 2. The largest absolute Gasteiger partial charge is 0.437 e. The molecule has 22 heavy (non-hydrogen) atoms. The van der Waals surface area contributed by atoms with E-state index < -0.39 is 11.9 Å². The molecule has 0 spiro atoms. The molecule has 0 atom stereocenters. The van der Waals surface area contributed by atoms with Gasteiger partial charge in [0.25, 0.3) is 0 Å². The number of nitrogens with zero attached hydrogens (tertiary/aromatic N) is 1. The Balaban J connectivity index is 2.24. The average Bonchev–Trinajstić information content (AvgIpc) is 2.94. The van der Waals surface area contributed by atoms with E-state index in [-0.39, 0.29) is 11.3 Å². The van der Waals surface area contributed by atoms with E-state index in [9.17, 15) is 13.2 Å². The minimum absolute atomic E-state index is 0.0789. The standard InChI is InChI=1S/C16H9ClF3NO/c17-12-8-6-10(7-9-12)13-14(11-4-2-1-3-5-11)22-21-15(13)16(18,19)20/h1-9H. The normalized spacial score (nSPS) is 11.6. The molecular formula is C16H9ClF3NO. The molecule has 2 aromatic carbocycles. The molecule has 0 saturated heterocycles. The molecule has 0 bridgehead atoms. The number of halogens is 4. The molecule has 3 rings (SSSR count). The van der Waals surface area contributed by atoms with Gasteiger partial charge in [-0.25, -0.2) is 0 Å². The molecule has 112 valence electrons. The van der Waals surface area contributed by atoms with Gasteiger partial charge in [0.15, 0.2) is 11.5 Å². The lowest BCUT2D eigenvalue weighted by atomic mass is 9.99.